The minimum atomic E-state index is -0.125. The van der Waals surface area contributed by atoms with E-state index in [9.17, 15) is 9.90 Å². The van der Waals surface area contributed by atoms with Crippen LogP contribution in [0.15, 0.2) is 12.2 Å². The third kappa shape index (κ3) is 3.78. The van der Waals surface area contributed by atoms with E-state index < -0.39 is 0 Å². The first-order chi connectivity index (χ1) is 17.3. The van der Waals surface area contributed by atoms with Crippen LogP contribution in [0.3, 0.4) is 0 Å². The predicted molar refractivity (Wildman–Crippen MR) is 151 cm³/mol. The van der Waals surface area contributed by atoms with E-state index in [-0.39, 0.29) is 22.9 Å². The maximum Gasteiger partial charge on any atom is 0.302 e. The number of aliphatic hydroxyl groups is 1. The molecule has 1 N–H and O–H groups in total. The number of rotatable bonds is 3. The summed E-state index contributed by atoms with van der Waals surface area (Å²) in [4.78, 5) is 11.9. The van der Waals surface area contributed by atoms with Gasteiger partial charge in [-0.05, 0) is 122 Å². The van der Waals surface area contributed by atoms with E-state index in [1.807, 2.05) is 0 Å². The van der Waals surface area contributed by atoms with Gasteiger partial charge < -0.3 is 9.84 Å². The fourth-order valence-corrected chi connectivity index (χ4v) is 12.3. The van der Waals surface area contributed by atoms with Crippen molar-refractivity contribution in [2.45, 2.75) is 132 Å². The standard InChI is InChI=1S/C34H56O3/c1-22(2)24-11-9-10-16-34(21-35)20-19-32(7)25(29(24)34)12-13-27-31(6)17-15-28(37-23(3)36)30(4,5)26(31)14-18-33(27,32)8/h24-29,35H,1,9-21H2,2-8H3/t24?,25?,26?,27?,28?,29?,31?,32-,33?,34?/m1/s1. The number of hydrogen-bond acceptors (Lipinski definition) is 3. The zero-order valence-electron chi connectivity index (χ0n) is 25.1. The van der Waals surface area contributed by atoms with Gasteiger partial charge in [0.15, 0.2) is 0 Å². The molecular weight excluding hydrogens is 456 g/mol. The summed E-state index contributed by atoms with van der Waals surface area (Å²) in [5.74, 6) is 3.01. The number of carbonyl (C=O) groups is 1. The Kier molecular flexibility index (Phi) is 6.82. The molecule has 9 unspecified atom stereocenters. The van der Waals surface area contributed by atoms with Crippen LogP contribution in [0.5, 0.6) is 0 Å². The van der Waals surface area contributed by atoms with Crippen molar-refractivity contribution in [3.05, 3.63) is 12.2 Å². The molecule has 0 saturated heterocycles. The zero-order chi connectivity index (χ0) is 27.0. The van der Waals surface area contributed by atoms with Gasteiger partial charge in [-0.3, -0.25) is 4.79 Å². The first-order valence-corrected chi connectivity index (χ1v) is 15.7. The van der Waals surface area contributed by atoms with E-state index in [4.69, 9.17) is 4.74 Å². The third-order valence-corrected chi connectivity index (χ3v) is 14.3. The molecule has 0 radical (unpaired) electrons. The molecule has 5 rings (SSSR count). The molecule has 5 fully saturated rings. The van der Waals surface area contributed by atoms with Crippen molar-refractivity contribution < 1.29 is 14.6 Å². The first-order valence-electron chi connectivity index (χ1n) is 15.7. The summed E-state index contributed by atoms with van der Waals surface area (Å²) in [6, 6.07) is 0. The van der Waals surface area contributed by atoms with Gasteiger partial charge in [-0.2, -0.15) is 0 Å². The highest BCUT2D eigenvalue weighted by Crippen LogP contribution is 2.76. The molecule has 0 aromatic heterocycles. The average molecular weight is 513 g/mol. The molecule has 210 valence electrons. The summed E-state index contributed by atoms with van der Waals surface area (Å²) in [5, 5.41) is 10.9. The van der Waals surface area contributed by atoms with Gasteiger partial charge in [-0.1, -0.05) is 59.6 Å². The second-order valence-corrected chi connectivity index (χ2v) is 15.9. The summed E-state index contributed by atoms with van der Waals surface area (Å²) in [6.07, 6.45) is 14.9. The van der Waals surface area contributed by atoms with E-state index in [1.165, 1.54) is 76.2 Å². The lowest BCUT2D eigenvalue weighted by atomic mass is 9.31. The van der Waals surface area contributed by atoms with Crippen molar-refractivity contribution in [1.29, 1.82) is 0 Å². The van der Waals surface area contributed by atoms with E-state index in [1.54, 1.807) is 6.92 Å². The number of ether oxygens (including phenoxy) is 1. The van der Waals surface area contributed by atoms with Gasteiger partial charge in [0.05, 0.1) is 0 Å². The largest absolute Gasteiger partial charge is 0.462 e. The van der Waals surface area contributed by atoms with Gasteiger partial charge in [0, 0.05) is 18.9 Å². The molecule has 0 aromatic carbocycles. The van der Waals surface area contributed by atoms with Crippen LogP contribution in [0.4, 0.5) is 0 Å². The van der Waals surface area contributed by atoms with Gasteiger partial charge in [0.2, 0.25) is 0 Å². The maximum atomic E-state index is 11.9. The van der Waals surface area contributed by atoms with E-state index >= 15 is 0 Å². The Labute approximate surface area is 227 Å². The molecular formula is C34H56O3. The highest BCUT2D eigenvalue weighted by atomic mass is 16.5. The van der Waals surface area contributed by atoms with Crippen LogP contribution in [0.25, 0.3) is 0 Å². The SMILES string of the molecule is C=C(C)C1CCCCC2(CO)CC[C@]3(C)C(CCC4C5(C)CCC(OC(C)=O)C(C)(C)C5CCC43C)C12. The molecule has 10 atom stereocenters. The van der Waals surface area contributed by atoms with Crippen molar-refractivity contribution in [2.24, 2.45) is 56.7 Å². The number of allylic oxidation sites excluding steroid dienone is 1. The van der Waals surface area contributed by atoms with Gasteiger partial charge in [0.25, 0.3) is 0 Å². The Morgan fingerprint density at radius 3 is 2.22 bits per heavy atom. The van der Waals surface area contributed by atoms with Crippen LogP contribution in [0.1, 0.15) is 126 Å². The number of esters is 1. The number of carbonyl (C=O) groups excluding carboxylic acids is 1. The van der Waals surface area contributed by atoms with Gasteiger partial charge in [-0.25, -0.2) is 0 Å². The summed E-state index contributed by atoms with van der Waals surface area (Å²) in [5.41, 5.74) is 2.40. The van der Waals surface area contributed by atoms with Crippen LogP contribution >= 0.6 is 0 Å². The van der Waals surface area contributed by atoms with Crippen LogP contribution in [-0.4, -0.2) is 23.8 Å². The molecule has 3 nitrogen and oxygen atoms in total. The summed E-state index contributed by atoms with van der Waals surface area (Å²) < 4.78 is 5.93. The van der Waals surface area contributed by atoms with E-state index in [0.717, 1.165) is 6.42 Å². The fraction of sp³-hybridized carbons (Fsp3) is 0.912. The maximum absolute atomic E-state index is 11.9. The highest BCUT2D eigenvalue weighted by Gasteiger charge is 2.70. The van der Waals surface area contributed by atoms with Crippen molar-refractivity contribution in [2.75, 3.05) is 6.61 Å². The van der Waals surface area contributed by atoms with Crippen LogP contribution in [0.2, 0.25) is 0 Å². The molecule has 0 bridgehead atoms. The van der Waals surface area contributed by atoms with Gasteiger partial charge >= 0.3 is 5.97 Å². The lowest BCUT2D eigenvalue weighted by Gasteiger charge is -2.73. The Bertz CT molecular complexity index is 922. The Hall–Kier alpha value is -0.830. The number of aliphatic hydroxyl groups excluding tert-OH is 1. The lowest BCUT2D eigenvalue weighted by Crippen LogP contribution is -2.67. The molecule has 5 aliphatic carbocycles. The Morgan fingerprint density at radius 1 is 0.838 bits per heavy atom. The normalized spacial score (nSPS) is 50.9. The van der Waals surface area contributed by atoms with E-state index in [2.05, 4.69) is 48.1 Å². The topological polar surface area (TPSA) is 46.5 Å². The molecule has 0 spiro atoms. The van der Waals surface area contributed by atoms with Crippen LogP contribution in [-0.2, 0) is 9.53 Å². The second kappa shape index (κ2) is 9.10. The lowest BCUT2D eigenvalue weighted by molar-refractivity contribution is -0.255. The first kappa shape index (κ1) is 27.7. The summed E-state index contributed by atoms with van der Waals surface area (Å²) >= 11 is 0. The van der Waals surface area contributed by atoms with E-state index in [0.29, 0.717) is 52.4 Å². The summed E-state index contributed by atoms with van der Waals surface area (Å²) in [6.45, 7) is 21.5. The van der Waals surface area contributed by atoms with Gasteiger partial charge in [-0.15, -0.1) is 0 Å². The fourth-order valence-electron chi connectivity index (χ4n) is 12.3. The molecule has 0 heterocycles. The van der Waals surface area contributed by atoms with Crippen molar-refractivity contribution >= 4 is 5.97 Å². The number of fused-ring (bicyclic) bond motifs is 7. The van der Waals surface area contributed by atoms with Gasteiger partial charge in [0.1, 0.15) is 6.10 Å². The molecule has 3 heteroatoms. The van der Waals surface area contributed by atoms with Crippen molar-refractivity contribution in [3.8, 4) is 0 Å². The predicted octanol–water partition coefficient (Wildman–Crippen LogP) is 8.35. The molecule has 37 heavy (non-hydrogen) atoms. The third-order valence-electron chi connectivity index (χ3n) is 14.3. The average Bonchev–Trinajstić information content (AvgIpc) is 3.01. The Morgan fingerprint density at radius 2 is 1.57 bits per heavy atom. The molecule has 0 aromatic rings. The smallest absolute Gasteiger partial charge is 0.302 e. The minimum Gasteiger partial charge on any atom is -0.462 e. The zero-order valence-corrected chi connectivity index (χ0v) is 25.1. The summed E-state index contributed by atoms with van der Waals surface area (Å²) in [7, 11) is 0. The monoisotopic (exact) mass is 512 g/mol. The highest BCUT2D eigenvalue weighted by molar-refractivity contribution is 5.66. The quantitative estimate of drug-likeness (QED) is 0.305. The molecule has 5 aliphatic rings. The molecule has 0 amide bonds. The second-order valence-electron chi connectivity index (χ2n) is 15.9. The van der Waals surface area contributed by atoms with Crippen LogP contribution < -0.4 is 0 Å². The molecule has 0 aliphatic heterocycles. The van der Waals surface area contributed by atoms with Crippen LogP contribution in [0, 0.1) is 56.7 Å². The van der Waals surface area contributed by atoms with Crippen molar-refractivity contribution in [3.63, 3.8) is 0 Å². The Balaban J connectivity index is 1.52. The number of hydrogen-bond donors (Lipinski definition) is 1. The minimum absolute atomic E-state index is 0.0166. The molecule has 5 saturated carbocycles. The van der Waals surface area contributed by atoms with Crippen molar-refractivity contribution in [1.82, 2.24) is 0 Å².